The second-order valence-corrected chi connectivity index (χ2v) is 9.68. The van der Waals surface area contributed by atoms with E-state index in [9.17, 15) is 4.79 Å². The first-order chi connectivity index (χ1) is 11.3. The van der Waals surface area contributed by atoms with Crippen LogP contribution in [0.15, 0.2) is 11.6 Å². The van der Waals surface area contributed by atoms with Gasteiger partial charge in [-0.1, -0.05) is 25.7 Å². The lowest BCUT2D eigenvalue weighted by molar-refractivity contribution is -0.148. The third-order valence-corrected chi connectivity index (χ3v) is 8.60. The molecule has 4 heteroatoms. The van der Waals surface area contributed by atoms with E-state index in [1.54, 1.807) is 0 Å². The van der Waals surface area contributed by atoms with Crippen LogP contribution in [0.2, 0.25) is 0 Å². The molecule has 1 spiro atoms. The van der Waals surface area contributed by atoms with Crippen LogP contribution >= 0.6 is 11.8 Å². The Morgan fingerprint density at radius 2 is 1.96 bits per heavy atom. The van der Waals surface area contributed by atoms with Crippen molar-refractivity contribution in [1.29, 1.82) is 0 Å². The number of hydrogen-bond acceptors (Lipinski definition) is 4. The third-order valence-electron chi connectivity index (χ3n) is 6.91. The summed E-state index contributed by atoms with van der Waals surface area (Å²) in [6.07, 6.45) is 14.9. The molecule has 4 atom stereocenters. The van der Waals surface area contributed by atoms with Gasteiger partial charge in [0.25, 0.3) is 0 Å². The van der Waals surface area contributed by atoms with Crippen LogP contribution in [0, 0.1) is 0 Å². The first-order valence-corrected chi connectivity index (χ1v) is 10.6. The molecule has 2 saturated carbocycles. The Hall–Kier alpha value is -0.480. The van der Waals surface area contributed by atoms with E-state index in [0.29, 0.717) is 17.3 Å². The summed E-state index contributed by atoms with van der Waals surface area (Å²) < 4.78 is 5.97. The summed E-state index contributed by atoms with van der Waals surface area (Å²) in [7, 11) is 0. The van der Waals surface area contributed by atoms with E-state index >= 15 is 0 Å². The summed E-state index contributed by atoms with van der Waals surface area (Å²) in [6.45, 7) is 1.21. The van der Waals surface area contributed by atoms with Crippen LogP contribution in [-0.4, -0.2) is 45.6 Å². The van der Waals surface area contributed by atoms with Crippen molar-refractivity contribution in [3.05, 3.63) is 11.6 Å². The van der Waals surface area contributed by atoms with E-state index in [-0.39, 0.29) is 11.6 Å². The molecule has 2 saturated heterocycles. The van der Waals surface area contributed by atoms with E-state index in [1.165, 1.54) is 63.5 Å². The number of ether oxygens (including phenoxy) is 1. The quantitative estimate of drug-likeness (QED) is 0.721. The lowest BCUT2D eigenvalue weighted by Crippen LogP contribution is -2.48. The second-order valence-electron chi connectivity index (χ2n) is 8.14. The van der Waals surface area contributed by atoms with Gasteiger partial charge in [-0.25, -0.2) is 4.79 Å². The molecule has 2 bridgehead atoms. The molecule has 5 aliphatic rings. The molecule has 1 unspecified atom stereocenters. The van der Waals surface area contributed by atoms with Gasteiger partial charge in [0.1, 0.15) is 0 Å². The Bertz CT molecular complexity index is 541. The molecular weight excluding hydrogens is 306 g/mol. The zero-order valence-electron chi connectivity index (χ0n) is 13.8. The summed E-state index contributed by atoms with van der Waals surface area (Å²) in [4.78, 5) is 14.8. The predicted octanol–water partition coefficient (Wildman–Crippen LogP) is 3.67. The number of carbonyl (C=O) groups excluding carboxylic acids is 1. The van der Waals surface area contributed by atoms with Gasteiger partial charge in [0.05, 0.1) is 6.04 Å². The first-order valence-electron chi connectivity index (χ1n) is 9.61. The standard InChI is InChI=1S/C19H27NO2S/c21-18-11-13-10-16(23-14-6-2-1-3-7-14)15-12-19(13,22-18)17-8-4-5-9-20(15)17/h11,14-17H,1-10,12H2/t15-,16?,17+,19-/m0/s1. The molecule has 0 radical (unpaired) electrons. The lowest BCUT2D eigenvalue weighted by atomic mass is 9.77. The van der Waals surface area contributed by atoms with Crippen LogP contribution in [0.25, 0.3) is 0 Å². The van der Waals surface area contributed by atoms with Crippen molar-refractivity contribution in [1.82, 2.24) is 4.90 Å². The maximum absolute atomic E-state index is 12.0. The number of piperidine rings is 1. The minimum atomic E-state index is -0.230. The van der Waals surface area contributed by atoms with E-state index in [2.05, 4.69) is 16.7 Å². The Kier molecular flexibility index (Phi) is 3.56. The molecule has 5 rings (SSSR count). The fourth-order valence-electron chi connectivity index (χ4n) is 5.93. The van der Waals surface area contributed by atoms with Gasteiger partial charge in [-0.2, -0.15) is 11.8 Å². The highest BCUT2D eigenvalue weighted by Crippen LogP contribution is 2.56. The summed E-state index contributed by atoms with van der Waals surface area (Å²) in [5.74, 6) is -0.0745. The molecule has 0 aromatic rings. The van der Waals surface area contributed by atoms with Crippen LogP contribution in [0.3, 0.4) is 0 Å². The number of carbonyl (C=O) groups is 1. The lowest BCUT2D eigenvalue weighted by Gasteiger charge is -2.38. The van der Waals surface area contributed by atoms with E-state index in [4.69, 9.17) is 4.74 Å². The van der Waals surface area contributed by atoms with Crippen molar-refractivity contribution in [2.24, 2.45) is 0 Å². The van der Waals surface area contributed by atoms with Crippen molar-refractivity contribution in [2.45, 2.75) is 92.4 Å². The van der Waals surface area contributed by atoms with Crippen LogP contribution in [0.1, 0.15) is 64.2 Å². The zero-order valence-corrected chi connectivity index (χ0v) is 14.7. The summed E-state index contributed by atoms with van der Waals surface area (Å²) in [5, 5.41) is 1.53. The number of hydrogen-bond donors (Lipinski definition) is 0. The van der Waals surface area contributed by atoms with E-state index in [0.717, 1.165) is 18.1 Å². The predicted molar refractivity (Wildman–Crippen MR) is 92.5 cm³/mol. The Morgan fingerprint density at radius 1 is 1.13 bits per heavy atom. The first kappa shape index (κ1) is 14.8. The molecular formula is C19H27NO2S. The fourth-order valence-corrected chi connectivity index (χ4v) is 7.74. The fraction of sp³-hybridized carbons (Fsp3) is 0.842. The van der Waals surface area contributed by atoms with Gasteiger partial charge < -0.3 is 4.74 Å². The van der Waals surface area contributed by atoms with Gasteiger partial charge in [0, 0.05) is 29.0 Å². The van der Waals surface area contributed by atoms with Crippen molar-refractivity contribution in [2.75, 3.05) is 6.54 Å². The summed E-state index contributed by atoms with van der Waals surface area (Å²) >= 11 is 2.25. The monoisotopic (exact) mass is 333 g/mol. The Balaban J connectivity index is 1.43. The highest BCUT2D eigenvalue weighted by atomic mass is 32.2. The topological polar surface area (TPSA) is 29.5 Å². The molecule has 2 aliphatic carbocycles. The van der Waals surface area contributed by atoms with Gasteiger partial charge in [-0.05, 0) is 44.2 Å². The molecule has 3 heterocycles. The van der Waals surface area contributed by atoms with Gasteiger partial charge in [0.2, 0.25) is 0 Å². The Labute approximate surface area is 143 Å². The number of thioether (sulfide) groups is 1. The zero-order chi connectivity index (χ0) is 15.4. The third kappa shape index (κ3) is 2.24. The normalized spacial score (nSPS) is 43.7. The summed E-state index contributed by atoms with van der Waals surface area (Å²) in [5.41, 5.74) is 1.10. The van der Waals surface area contributed by atoms with Crippen LogP contribution < -0.4 is 0 Å². The van der Waals surface area contributed by atoms with Crippen molar-refractivity contribution in [3.63, 3.8) is 0 Å². The summed E-state index contributed by atoms with van der Waals surface area (Å²) in [6, 6.07) is 1.10. The molecule has 23 heavy (non-hydrogen) atoms. The molecule has 0 amide bonds. The van der Waals surface area contributed by atoms with Gasteiger partial charge in [-0.3, -0.25) is 4.90 Å². The molecule has 0 aromatic carbocycles. The van der Waals surface area contributed by atoms with Crippen LogP contribution in [0.4, 0.5) is 0 Å². The number of rotatable bonds is 2. The SMILES string of the molecule is O=C1C=C2CC(SC3CCCCC3)[C@@H]3C[C@@]2(O1)[C@H]1CCCCN31. The Morgan fingerprint density at radius 3 is 2.83 bits per heavy atom. The molecule has 4 fully saturated rings. The largest absolute Gasteiger partial charge is 0.450 e. The highest BCUT2D eigenvalue weighted by molar-refractivity contribution is 8.00. The highest BCUT2D eigenvalue weighted by Gasteiger charge is 2.63. The smallest absolute Gasteiger partial charge is 0.331 e. The van der Waals surface area contributed by atoms with E-state index in [1.807, 2.05) is 6.08 Å². The second kappa shape index (κ2) is 5.52. The minimum absolute atomic E-state index is 0.0745. The molecule has 0 aromatic heterocycles. The molecule has 3 nitrogen and oxygen atoms in total. The molecule has 3 aliphatic heterocycles. The molecule has 0 N–H and O–H groups in total. The van der Waals surface area contributed by atoms with Crippen molar-refractivity contribution in [3.8, 4) is 0 Å². The maximum Gasteiger partial charge on any atom is 0.331 e. The number of fused-ring (bicyclic) bond motifs is 3. The van der Waals surface area contributed by atoms with Crippen molar-refractivity contribution < 1.29 is 9.53 Å². The number of esters is 1. The maximum atomic E-state index is 12.0. The van der Waals surface area contributed by atoms with Gasteiger partial charge in [0.15, 0.2) is 5.60 Å². The average Bonchev–Trinajstić information content (AvgIpc) is 3.05. The van der Waals surface area contributed by atoms with Crippen molar-refractivity contribution >= 4 is 17.7 Å². The molecule has 126 valence electrons. The van der Waals surface area contributed by atoms with Crippen LogP contribution in [0.5, 0.6) is 0 Å². The van der Waals surface area contributed by atoms with Gasteiger partial charge >= 0.3 is 5.97 Å². The number of nitrogens with zero attached hydrogens (tertiary/aromatic N) is 1. The van der Waals surface area contributed by atoms with Crippen LogP contribution in [-0.2, 0) is 9.53 Å². The van der Waals surface area contributed by atoms with E-state index < -0.39 is 0 Å². The van der Waals surface area contributed by atoms with Gasteiger partial charge in [-0.15, -0.1) is 0 Å². The minimum Gasteiger partial charge on any atom is -0.450 e. The average molecular weight is 333 g/mol.